The van der Waals surface area contributed by atoms with E-state index in [4.69, 9.17) is 10.5 Å². The quantitative estimate of drug-likeness (QED) is 0.831. The lowest BCUT2D eigenvalue weighted by Crippen LogP contribution is -2.36. The Bertz CT molecular complexity index is 424. The van der Waals surface area contributed by atoms with Crippen LogP contribution in [-0.4, -0.2) is 26.1 Å². The highest BCUT2D eigenvalue weighted by Gasteiger charge is 2.25. The Hall–Kier alpha value is -1.55. The molecule has 0 bridgehead atoms. The molecule has 1 rings (SSSR count). The van der Waals surface area contributed by atoms with Crippen LogP contribution in [0, 0.1) is 5.41 Å². The first-order valence-electron chi connectivity index (χ1n) is 6.57. The number of carbonyl (C=O) groups excluding carboxylic acids is 1. The van der Waals surface area contributed by atoms with Gasteiger partial charge in [0, 0.05) is 24.2 Å². The third kappa shape index (κ3) is 4.56. The number of ether oxygens (including phenoxy) is 1. The van der Waals surface area contributed by atoms with E-state index in [0.717, 1.165) is 17.9 Å². The second-order valence-corrected chi connectivity index (χ2v) is 5.60. The van der Waals surface area contributed by atoms with Gasteiger partial charge in [0.25, 0.3) is 0 Å². The summed E-state index contributed by atoms with van der Waals surface area (Å²) in [5.74, 6) is 0.839. The van der Waals surface area contributed by atoms with E-state index in [0.29, 0.717) is 13.2 Å². The van der Waals surface area contributed by atoms with Gasteiger partial charge in [-0.05, 0) is 25.1 Å². The fraction of sp³-hybridized carbons (Fsp3) is 0.533. The third-order valence-corrected chi connectivity index (χ3v) is 2.77. The molecule has 2 N–H and O–H groups in total. The number of rotatable bonds is 5. The van der Waals surface area contributed by atoms with E-state index in [1.807, 2.05) is 45.0 Å². The molecule has 0 heterocycles. The smallest absolute Gasteiger partial charge is 0.232 e. The number of nitrogens with two attached hydrogens (primary N) is 1. The first kappa shape index (κ1) is 15.5. The molecule has 0 fully saturated rings. The summed E-state index contributed by atoms with van der Waals surface area (Å²) in [6, 6.07) is 7.55. The Morgan fingerprint density at radius 3 is 2.63 bits per heavy atom. The van der Waals surface area contributed by atoms with Gasteiger partial charge in [0.15, 0.2) is 0 Å². The molecule has 4 nitrogen and oxygen atoms in total. The van der Waals surface area contributed by atoms with Gasteiger partial charge >= 0.3 is 0 Å². The molecule has 1 amide bonds. The lowest BCUT2D eigenvalue weighted by Gasteiger charge is -2.26. The lowest BCUT2D eigenvalue weighted by atomic mass is 9.95. The van der Waals surface area contributed by atoms with Gasteiger partial charge in [-0.3, -0.25) is 4.79 Å². The molecule has 0 aromatic heterocycles. The minimum absolute atomic E-state index is 0.0756. The van der Waals surface area contributed by atoms with Crippen LogP contribution in [0.5, 0.6) is 5.75 Å². The SMILES string of the molecule is CN(C(=O)C(C)(C)C)c1cccc(OCCCN)c1. The second-order valence-electron chi connectivity index (χ2n) is 5.60. The highest BCUT2D eigenvalue weighted by molar-refractivity contribution is 5.96. The van der Waals surface area contributed by atoms with E-state index >= 15 is 0 Å². The average molecular weight is 264 g/mol. The van der Waals surface area contributed by atoms with Crippen molar-refractivity contribution < 1.29 is 9.53 Å². The Kier molecular flexibility index (Phi) is 5.36. The minimum Gasteiger partial charge on any atom is -0.493 e. The Morgan fingerprint density at radius 1 is 1.37 bits per heavy atom. The fourth-order valence-electron chi connectivity index (χ4n) is 1.68. The molecule has 1 aromatic carbocycles. The van der Waals surface area contributed by atoms with Crippen LogP contribution in [0.3, 0.4) is 0 Å². The van der Waals surface area contributed by atoms with Crippen molar-refractivity contribution in [3.8, 4) is 5.75 Å². The largest absolute Gasteiger partial charge is 0.493 e. The number of hydrogen-bond donors (Lipinski definition) is 1. The van der Waals surface area contributed by atoms with E-state index in [1.165, 1.54) is 0 Å². The first-order valence-corrected chi connectivity index (χ1v) is 6.57. The van der Waals surface area contributed by atoms with Crippen LogP contribution >= 0.6 is 0 Å². The van der Waals surface area contributed by atoms with Crippen LogP contribution in [0.15, 0.2) is 24.3 Å². The molecular formula is C15H24N2O2. The minimum atomic E-state index is -0.398. The number of benzene rings is 1. The van der Waals surface area contributed by atoms with Gasteiger partial charge in [-0.25, -0.2) is 0 Å². The van der Waals surface area contributed by atoms with Gasteiger partial charge in [0.1, 0.15) is 5.75 Å². The van der Waals surface area contributed by atoms with Gasteiger partial charge in [-0.1, -0.05) is 26.8 Å². The van der Waals surface area contributed by atoms with E-state index in [2.05, 4.69) is 0 Å². The molecule has 1 aromatic rings. The summed E-state index contributed by atoms with van der Waals surface area (Å²) in [6.07, 6.45) is 0.820. The summed E-state index contributed by atoms with van der Waals surface area (Å²) in [4.78, 5) is 13.9. The summed E-state index contributed by atoms with van der Waals surface area (Å²) in [5, 5.41) is 0. The monoisotopic (exact) mass is 264 g/mol. The van der Waals surface area contributed by atoms with Crippen LogP contribution in [0.25, 0.3) is 0 Å². The third-order valence-electron chi connectivity index (χ3n) is 2.77. The molecule has 0 radical (unpaired) electrons. The maximum absolute atomic E-state index is 12.2. The zero-order valence-electron chi connectivity index (χ0n) is 12.3. The molecule has 0 aliphatic rings. The van der Waals surface area contributed by atoms with Crippen molar-refractivity contribution in [2.75, 3.05) is 25.1 Å². The topological polar surface area (TPSA) is 55.6 Å². The van der Waals surface area contributed by atoms with E-state index < -0.39 is 5.41 Å². The number of nitrogens with zero attached hydrogens (tertiary/aromatic N) is 1. The predicted octanol–water partition coefficient (Wildman–Crippen LogP) is 2.42. The summed E-state index contributed by atoms with van der Waals surface area (Å²) in [6.45, 7) is 6.94. The molecule has 0 unspecified atom stereocenters. The number of carbonyl (C=O) groups is 1. The van der Waals surface area contributed by atoms with E-state index in [1.54, 1.807) is 11.9 Å². The number of hydrogen-bond acceptors (Lipinski definition) is 3. The van der Waals surface area contributed by atoms with Crippen molar-refractivity contribution in [3.05, 3.63) is 24.3 Å². The summed E-state index contributed by atoms with van der Waals surface area (Å²) >= 11 is 0. The van der Waals surface area contributed by atoms with Crippen LogP contribution in [-0.2, 0) is 4.79 Å². The number of anilines is 1. The average Bonchev–Trinajstić information content (AvgIpc) is 2.36. The molecular weight excluding hydrogens is 240 g/mol. The Labute approximate surface area is 115 Å². The number of amides is 1. The molecule has 0 saturated carbocycles. The normalized spacial score (nSPS) is 11.2. The zero-order valence-corrected chi connectivity index (χ0v) is 12.3. The van der Waals surface area contributed by atoms with Crippen LogP contribution in [0.4, 0.5) is 5.69 Å². The van der Waals surface area contributed by atoms with Crippen molar-refractivity contribution in [2.45, 2.75) is 27.2 Å². The molecule has 106 valence electrons. The van der Waals surface area contributed by atoms with E-state index in [9.17, 15) is 4.79 Å². The fourth-order valence-corrected chi connectivity index (χ4v) is 1.68. The van der Waals surface area contributed by atoms with Crippen molar-refractivity contribution >= 4 is 11.6 Å². The van der Waals surface area contributed by atoms with Crippen molar-refractivity contribution in [1.29, 1.82) is 0 Å². The highest BCUT2D eigenvalue weighted by atomic mass is 16.5. The predicted molar refractivity (Wildman–Crippen MR) is 78.5 cm³/mol. The lowest BCUT2D eigenvalue weighted by molar-refractivity contribution is -0.125. The zero-order chi connectivity index (χ0) is 14.5. The van der Waals surface area contributed by atoms with Crippen molar-refractivity contribution in [1.82, 2.24) is 0 Å². The van der Waals surface area contributed by atoms with Crippen molar-refractivity contribution in [2.24, 2.45) is 11.1 Å². The van der Waals surface area contributed by atoms with Crippen molar-refractivity contribution in [3.63, 3.8) is 0 Å². The van der Waals surface area contributed by atoms with Gasteiger partial charge in [0.2, 0.25) is 5.91 Å². The highest BCUT2D eigenvalue weighted by Crippen LogP contribution is 2.25. The molecule has 0 atom stereocenters. The van der Waals surface area contributed by atoms with Crippen LogP contribution in [0.1, 0.15) is 27.2 Å². The maximum Gasteiger partial charge on any atom is 0.232 e. The maximum atomic E-state index is 12.2. The standard InChI is InChI=1S/C15H24N2O2/c1-15(2,3)14(18)17(4)12-7-5-8-13(11-12)19-10-6-9-16/h5,7-8,11H,6,9-10,16H2,1-4H3. The Balaban J connectivity index is 2.78. The van der Waals surface area contributed by atoms with Gasteiger partial charge < -0.3 is 15.4 Å². The molecule has 19 heavy (non-hydrogen) atoms. The summed E-state index contributed by atoms with van der Waals surface area (Å²) < 4.78 is 5.58. The summed E-state index contributed by atoms with van der Waals surface area (Å²) in [5.41, 5.74) is 5.87. The summed E-state index contributed by atoms with van der Waals surface area (Å²) in [7, 11) is 1.78. The molecule has 4 heteroatoms. The second kappa shape index (κ2) is 6.57. The van der Waals surface area contributed by atoms with Crippen LogP contribution < -0.4 is 15.4 Å². The molecule has 0 saturated heterocycles. The van der Waals surface area contributed by atoms with Gasteiger partial charge in [-0.15, -0.1) is 0 Å². The molecule has 0 spiro atoms. The first-order chi connectivity index (χ1) is 8.86. The molecule has 0 aliphatic carbocycles. The van der Waals surface area contributed by atoms with Gasteiger partial charge in [0.05, 0.1) is 6.61 Å². The van der Waals surface area contributed by atoms with E-state index in [-0.39, 0.29) is 5.91 Å². The Morgan fingerprint density at radius 2 is 2.05 bits per heavy atom. The van der Waals surface area contributed by atoms with Crippen LogP contribution in [0.2, 0.25) is 0 Å². The van der Waals surface area contributed by atoms with Gasteiger partial charge in [-0.2, -0.15) is 0 Å². The molecule has 0 aliphatic heterocycles.